The van der Waals surface area contributed by atoms with E-state index in [4.69, 9.17) is 32.8 Å². The number of nitro benzene ring substituents is 2. The fourth-order valence-electron chi connectivity index (χ4n) is 5.15. The zero-order chi connectivity index (χ0) is 31.8. The van der Waals surface area contributed by atoms with E-state index in [0.717, 1.165) is 17.0 Å². The Morgan fingerprint density at radius 2 is 1.33 bits per heavy atom. The van der Waals surface area contributed by atoms with Gasteiger partial charge in [-0.2, -0.15) is 5.10 Å². The number of nitrogens with one attached hydrogen (secondary N) is 1. The van der Waals surface area contributed by atoms with Crippen LogP contribution in [0.3, 0.4) is 0 Å². The van der Waals surface area contributed by atoms with Gasteiger partial charge < -0.3 is 32.8 Å². The van der Waals surface area contributed by atoms with Crippen molar-refractivity contribution in [1.29, 1.82) is 0 Å². The molecule has 2 heterocycles. The molecule has 3 aromatic rings. The first kappa shape index (κ1) is 32.1. The number of non-ortho nitro benzene ring substituents is 1. The fourth-order valence-corrected chi connectivity index (χ4v) is 5.15. The van der Waals surface area contributed by atoms with Crippen molar-refractivity contribution in [3.63, 3.8) is 0 Å². The number of hydrogen-bond donors (Lipinski definition) is 1. The minimum atomic E-state index is -0.686. The van der Waals surface area contributed by atoms with E-state index in [1.54, 1.807) is 6.07 Å². The average Bonchev–Trinajstić information content (AvgIpc) is 3.34. The number of benzene rings is 2. The fraction of sp³-hybridized carbons (Fsp3) is 0.500. The molecule has 5 rings (SSSR count). The quantitative estimate of drug-likeness (QED) is 0.306. The van der Waals surface area contributed by atoms with Gasteiger partial charge in [0.05, 0.1) is 74.5 Å². The van der Waals surface area contributed by atoms with Gasteiger partial charge in [-0.15, -0.1) is 0 Å². The van der Waals surface area contributed by atoms with Crippen molar-refractivity contribution in [2.45, 2.75) is 26.7 Å². The molecule has 1 N–H and O–H groups in total. The summed E-state index contributed by atoms with van der Waals surface area (Å²) in [6, 6.07) is 6.98. The second-order valence-corrected chi connectivity index (χ2v) is 11.2. The zero-order valence-corrected chi connectivity index (χ0v) is 25.2. The van der Waals surface area contributed by atoms with Gasteiger partial charge in [0.15, 0.2) is 11.5 Å². The van der Waals surface area contributed by atoms with Crippen molar-refractivity contribution in [1.82, 2.24) is 0 Å². The normalized spacial score (nSPS) is 19.3. The predicted molar refractivity (Wildman–Crippen MR) is 162 cm³/mol. The number of nitro groups is 2. The predicted octanol–water partition coefficient (Wildman–Crippen LogP) is 4.88. The van der Waals surface area contributed by atoms with Crippen molar-refractivity contribution >= 4 is 33.7 Å². The molecule has 15 heteroatoms. The summed E-state index contributed by atoms with van der Waals surface area (Å²) >= 11 is 0. The van der Waals surface area contributed by atoms with Crippen LogP contribution in [0.25, 0.3) is 11.0 Å². The number of furan rings is 1. The molecule has 0 fully saturated rings. The van der Waals surface area contributed by atoms with Crippen LogP contribution in [0, 0.1) is 25.6 Å². The highest BCUT2D eigenvalue weighted by atomic mass is 16.6. The van der Waals surface area contributed by atoms with Crippen LogP contribution < -0.4 is 14.9 Å². The van der Waals surface area contributed by atoms with Crippen LogP contribution >= 0.6 is 0 Å². The van der Waals surface area contributed by atoms with Gasteiger partial charge in [0.1, 0.15) is 30.2 Å². The van der Waals surface area contributed by atoms with E-state index in [1.165, 1.54) is 12.1 Å². The lowest BCUT2D eigenvalue weighted by Crippen LogP contribution is -2.27. The average molecular weight is 629 g/mol. The molecule has 0 radical (unpaired) electrons. The SMILES string of the molecule is CC1(C)C/C(=N\Nc2ccc([N+](=O)[O-])cc2[N+](=O)[O-])c2c(oc3cc4c(cc23)OCCOCCOCCOCCOCCO4)C1. The summed E-state index contributed by atoms with van der Waals surface area (Å²) < 4.78 is 40.7. The van der Waals surface area contributed by atoms with Gasteiger partial charge in [-0.25, -0.2) is 0 Å². The monoisotopic (exact) mass is 628 g/mol. The number of ether oxygens (including phenoxy) is 6. The van der Waals surface area contributed by atoms with Crippen molar-refractivity contribution in [3.05, 3.63) is 61.9 Å². The lowest BCUT2D eigenvalue weighted by molar-refractivity contribution is -0.393. The minimum Gasteiger partial charge on any atom is -0.487 e. The van der Waals surface area contributed by atoms with Crippen LogP contribution in [0.2, 0.25) is 0 Å². The summed E-state index contributed by atoms with van der Waals surface area (Å²) in [7, 11) is 0. The number of anilines is 1. The molecule has 0 spiro atoms. The summed E-state index contributed by atoms with van der Waals surface area (Å²) in [4.78, 5) is 21.5. The van der Waals surface area contributed by atoms with Gasteiger partial charge in [-0.3, -0.25) is 25.7 Å². The second kappa shape index (κ2) is 14.6. The highest BCUT2D eigenvalue weighted by Crippen LogP contribution is 2.43. The van der Waals surface area contributed by atoms with Crippen molar-refractivity contribution in [3.8, 4) is 11.5 Å². The van der Waals surface area contributed by atoms with Crippen LogP contribution in [0.15, 0.2) is 39.9 Å². The van der Waals surface area contributed by atoms with E-state index in [0.29, 0.717) is 94.3 Å². The Morgan fingerprint density at radius 1 is 0.756 bits per heavy atom. The number of rotatable bonds is 4. The van der Waals surface area contributed by atoms with Crippen LogP contribution in [0.5, 0.6) is 11.5 Å². The molecule has 0 unspecified atom stereocenters. The Labute approximate surface area is 258 Å². The summed E-state index contributed by atoms with van der Waals surface area (Å²) in [5, 5.41) is 28.2. The smallest absolute Gasteiger partial charge is 0.301 e. The highest BCUT2D eigenvalue weighted by molar-refractivity contribution is 6.13. The molecule has 0 saturated heterocycles. The molecule has 0 amide bonds. The number of hydrazone groups is 1. The van der Waals surface area contributed by atoms with Crippen molar-refractivity contribution < 1.29 is 42.7 Å². The Kier molecular flexibility index (Phi) is 10.4. The molecule has 1 aromatic heterocycles. The maximum Gasteiger partial charge on any atom is 0.301 e. The van der Waals surface area contributed by atoms with E-state index in [1.807, 2.05) is 6.07 Å². The second-order valence-electron chi connectivity index (χ2n) is 11.2. The number of hydrogen-bond acceptors (Lipinski definition) is 13. The van der Waals surface area contributed by atoms with Gasteiger partial charge in [-0.05, 0) is 24.0 Å². The Morgan fingerprint density at radius 3 is 1.91 bits per heavy atom. The van der Waals surface area contributed by atoms with Crippen molar-refractivity contribution in [2.24, 2.45) is 10.5 Å². The Bertz CT molecular complexity index is 1550. The Balaban J connectivity index is 1.46. The standard InChI is InChI=1S/C30H36N4O11/c1-30(2)18-23(32-31-22-4-3-20(33(35)36)15-24(22)34(37)38)29-21-16-26-27(17-25(21)45-28(29)19-30)44-14-12-42-10-8-40-6-5-39-7-9-41-11-13-43-26/h3-4,15-17,31H,5-14,18-19H2,1-2H3/b32-23+. The largest absolute Gasteiger partial charge is 0.487 e. The van der Waals surface area contributed by atoms with E-state index >= 15 is 0 Å². The molecule has 242 valence electrons. The van der Waals surface area contributed by atoms with Gasteiger partial charge in [-0.1, -0.05) is 13.8 Å². The zero-order valence-electron chi connectivity index (χ0n) is 25.2. The molecule has 1 aliphatic heterocycles. The molecular formula is C30H36N4O11. The summed E-state index contributed by atoms with van der Waals surface area (Å²) in [5.74, 6) is 1.68. The lowest BCUT2D eigenvalue weighted by atomic mass is 9.75. The first-order valence-corrected chi connectivity index (χ1v) is 14.6. The molecule has 2 aliphatic rings. The molecule has 0 saturated carbocycles. The molecular weight excluding hydrogens is 592 g/mol. The molecule has 15 nitrogen and oxygen atoms in total. The van der Waals surface area contributed by atoms with Crippen LogP contribution in [0.4, 0.5) is 17.1 Å². The molecule has 0 atom stereocenters. The summed E-state index contributed by atoms with van der Waals surface area (Å²) in [5.41, 5.74) is 3.67. The maximum absolute atomic E-state index is 11.7. The van der Waals surface area contributed by atoms with Crippen molar-refractivity contribution in [2.75, 3.05) is 71.5 Å². The van der Waals surface area contributed by atoms with Gasteiger partial charge in [0.2, 0.25) is 0 Å². The maximum atomic E-state index is 11.7. The van der Waals surface area contributed by atoms with Gasteiger partial charge in [0.25, 0.3) is 5.69 Å². The first-order valence-electron chi connectivity index (χ1n) is 14.6. The van der Waals surface area contributed by atoms with Gasteiger partial charge in [0, 0.05) is 29.5 Å². The molecule has 2 aromatic carbocycles. The van der Waals surface area contributed by atoms with E-state index in [9.17, 15) is 20.2 Å². The van der Waals surface area contributed by atoms with E-state index < -0.39 is 15.5 Å². The molecule has 1 aliphatic carbocycles. The van der Waals surface area contributed by atoms with E-state index in [-0.39, 0.29) is 30.0 Å². The highest BCUT2D eigenvalue weighted by Gasteiger charge is 2.35. The molecule has 0 bridgehead atoms. The number of nitrogens with zero attached hydrogens (tertiary/aromatic N) is 3. The third kappa shape index (κ3) is 8.25. The lowest BCUT2D eigenvalue weighted by Gasteiger charge is -2.29. The van der Waals surface area contributed by atoms with Crippen LogP contribution in [0.1, 0.15) is 31.6 Å². The summed E-state index contributed by atoms with van der Waals surface area (Å²) in [6.45, 7) is 8.07. The van der Waals surface area contributed by atoms with Crippen LogP contribution in [-0.4, -0.2) is 81.6 Å². The topological polar surface area (TPSA) is 179 Å². The minimum absolute atomic E-state index is 0.0284. The summed E-state index contributed by atoms with van der Waals surface area (Å²) in [6.07, 6.45) is 1.17. The third-order valence-corrected chi connectivity index (χ3v) is 7.19. The van der Waals surface area contributed by atoms with Gasteiger partial charge >= 0.3 is 5.69 Å². The molecule has 45 heavy (non-hydrogen) atoms. The first-order chi connectivity index (χ1) is 21.7. The van der Waals surface area contributed by atoms with Crippen LogP contribution in [-0.2, 0) is 25.4 Å². The third-order valence-electron chi connectivity index (χ3n) is 7.19. The number of fused-ring (bicyclic) bond motifs is 4. The van der Waals surface area contributed by atoms with E-state index in [2.05, 4.69) is 24.4 Å². The Hall–Kier alpha value is -4.31.